The molecular formula is C13H23N3O2S. The van der Waals surface area contributed by atoms with Gasteiger partial charge in [0.25, 0.3) is 0 Å². The molecule has 1 saturated heterocycles. The van der Waals surface area contributed by atoms with Gasteiger partial charge >= 0.3 is 0 Å². The average molecular weight is 285 g/mol. The second kappa shape index (κ2) is 5.94. The number of aromatic nitrogens is 2. The zero-order valence-corrected chi connectivity index (χ0v) is 12.5. The summed E-state index contributed by atoms with van der Waals surface area (Å²) in [6, 6.07) is 0. The molecule has 1 aliphatic rings. The van der Waals surface area contributed by atoms with Crippen LogP contribution in [0.25, 0.3) is 0 Å². The fraction of sp³-hybridized carbons (Fsp3) is 0.769. The minimum absolute atomic E-state index is 0.243. The van der Waals surface area contributed by atoms with Crippen LogP contribution in [0.3, 0.4) is 0 Å². The van der Waals surface area contributed by atoms with Crippen molar-refractivity contribution in [3.63, 3.8) is 0 Å². The molecule has 0 spiro atoms. The summed E-state index contributed by atoms with van der Waals surface area (Å²) >= 11 is 0. The average Bonchev–Trinajstić information content (AvgIpc) is 2.84. The predicted molar refractivity (Wildman–Crippen MR) is 77.2 cm³/mol. The van der Waals surface area contributed by atoms with E-state index in [-0.39, 0.29) is 5.25 Å². The van der Waals surface area contributed by atoms with Gasteiger partial charge in [0.15, 0.2) is 9.84 Å². The number of rotatable bonds is 6. The molecule has 2 heterocycles. The molecular weight excluding hydrogens is 262 g/mol. The van der Waals surface area contributed by atoms with Crippen LogP contribution in [0, 0.1) is 6.92 Å². The Labute approximate surface area is 115 Å². The van der Waals surface area contributed by atoms with Gasteiger partial charge in [0, 0.05) is 19.3 Å². The lowest BCUT2D eigenvalue weighted by Gasteiger charge is -2.13. The minimum atomic E-state index is -2.89. The Morgan fingerprint density at radius 2 is 2.32 bits per heavy atom. The van der Waals surface area contributed by atoms with E-state index in [4.69, 9.17) is 0 Å². The number of aryl methyl sites for hydroxylation is 1. The Bertz CT molecular complexity index is 522. The number of nitrogens with zero attached hydrogens (tertiary/aromatic N) is 2. The van der Waals surface area contributed by atoms with Crippen molar-refractivity contribution in [2.24, 2.45) is 0 Å². The van der Waals surface area contributed by atoms with E-state index >= 15 is 0 Å². The molecule has 5 nitrogen and oxygen atoms in total. The van der Waals surface area contributed by atoms with Gasteiger partial charge in [-0.25, -0.2) is 13.4 Å². The maximum absolute atomic E-state index is 11.9. The monoisotopic (exact) mass is 285 g/mol. The Hall–Kier alpha value is -1.04. The smallest absolute Gasteiger partial charge is 0.203 e. The molecule has 0 amide bonds. The van der Waals surface area contributed by atoms with Crippen molar-refractivity contribution in [3.05, 3.63) is 11.9 Å². The molecule has 0 saturated carbocycles. The Kier molecular flexibility index (Phi) is 4.50. The summed E-state index contributed by atoms with van der Waals surface area (Å²) < 4.78 is 25.7. The quantitative estimate of drug-likeness (QED) is 0.812. The van der Waals surface area contributed by atoms with Crippen LogP contribution in [0.2, 0.25) is 0 Å². The summed E-state index contributed by atoms with van der Waals surface area (Å²) in [6.07, 6.45) is 5.71. The van der Waals surface area contributed by atoms with Crippen molar-refractivity contribution >= 4 is 15.8 Å². The van der Waals surface area contributed by atoms with Gasteiger partial charge in [0.05, 0.1) is 16.7 Å². The van der Waals surface area contributed by atoms with Crippen LogP contribution in [0.5, 0.6) is 0 Å². The lowest BCUT2D eigenvalue weighted by molar-refractivity contribution is 0.567. The molecule has 1 aromatic heterocycles. The third-order valence-electron chi connectivity index (χ3n) is 3.57. The van der Waals surface area contributed by atoms with Gasteiger partial charge < -0.3 is 9.88 Å². The molecule has 0 aliphatic carbocycles. The number of imidazole rings is 1. The second-order valence-electron chi connectivity index (χ2n) is 5.27. The maximum Gasteiger partial charge on any atom is 0.203 e. The molecule has 1 atom stereocenters. The summed E-state index contributed by atoms with van der Waals surface area (Å²) in [7, 11) is -2.89. The predicted octanol–water partition coefficient (Wildman–Crippen LogP) is 1.98. The first kappa shape index (κ1) is 14.4. The van der Waals surface area contributed by atoms with Crippen LogP contribution < -0.4 is 5.32 Å². The molecule has 1 unspecified atom stereocenters. The summed E-state index contributed by atoms with van der Waals surface area (Å²) in [5.74, 6) is 1.14. The van der Waals surface area contributed by atoms with Gasteiger partial charge in [0.1, 0.15) is 0 Å². The third kappa shape index (κ3) is 3.49. The first-order valence-electron chi connectivity index (χ1n) is 7.02. The van der Waals surface area contributed by atoms with E-state index in [9.17, 15) is 8.42 Å². The molecule has 0 aromatic carbocycles. The van der Waals surface area contributed by atoms with E-state index in [0.717, 1.165) is 43.9 Å². The number of unbranched alkanes of at least 4 members (excludes halogenated alkanes) is 1. The van der Waals surface area contributed by atoms with E-state index in [1.807, 2.05) is 17.7 Å². The van der Waals surface area contributed by atoms with Crippen molar-refractivity contribution in [2.45, 2.75) is 51.3 Å². The van der Waals surface area contributed by atoms with Crippen LogP contribution in [0.1, 0.15) is 38.3 Å². The van der Waals surface area contributed by atoms with Crippen LogP contribution in [0.4, 0.5) is 5.95 Å². The maximum atomic E-state index is 11.9. The molecule has 1 aliphatic heterocycles. The van der Waals surface area contributed by atoms with Crippen LogP contribution >= 0.6 is 0 Å². The fourth-order valence-corrected chi connectivity index (χ4v) is 4.30. The van der Waals surface area contributed by atoms with E-state index in [1.54, 1.807) is 0 Å². The van der Waals surface area contributed by atoms with Gasteiger partial charge in [-0.3, -0.25) is 0 Å². The number of anilines is 1. The SMILES string of the molecule is CCCCNc1nc(C)cn1CC1CCCS1(=O)=O. The van der Waals surface area contributed by atoms with Crippen molar-refractivity contribution in [3.8, 4) is 0 Å². The summed E-state index contributed by atoms with van der Waals surface area (Å²) in [5.41, 5.74) is 0.925. The second-order valence-corrected chi connectivity index (χ2v) is 7.67. The molecule has 2 rings (SSSR count). The van der Waals surface area contributed by atoms with Crippen LogP contribution in [-0.2, 0) is 16.4 Å². The van der Waals surface area contributed by atoms with E-state index in [0.29, 0.717) is 12.3 Å². The number of sulfone groups is 1. The Morgan fingerprint density at radius 1 is 1.53 bits per heavy atom. The highest BCUT2D eigenvalue weighted by Gasteiger charge is 2.31. The fourth-order valence-electron chi connectivity index (χ4n) is 2.49. The van der Waals surface area contributed by atoms with E-state index in [2.05, 4.69) is 17.2 Å². The lowest BCUT2D eigenvalue weighted by Crippen LogP contribution is -2.23. The molecule has 108 valence electrons. The number of hydrogen-bond acceptors (Lipinski definition) is 4. The molecule has 19 heavy (non-hydrogen) atoms. The molecule has 0 bridgehead atoms. The molecule has 1 aromatic rings. The standard InChI is InChI=1S/C13H23N3O2S/c1-3-4-7-14-13-15-11(2)9-16(13)10-12-6-5-8-19(12,17)18/h9,12H,3-8,10H2,1-2H3,(H,14,15). The Balaban J connectivity index is 2.07. The summed E-state index contributed by atoms with van der Waals surface area (Å²) in [5, 5.41) is 3.05. The van der Waals surface area contributed by atoms with Crippen molar-refractivity contribution < 1.29 is 8.42 Å². The van der Waals surface area contributed by atoms with Gasteiger partial charge in [0.2, 0.25) is 5.95 Å². The largest absolute Gasteiger partial charge is 0.356 e. The highest BCUT2D eigenvalue weighted by Crippen LogP contribution is 2.23. The zero-order chi connectivity index (χ0) is 13.9. The molecule has 1 N–H and O–H groups in total. The van der Waals surface area contributed by atoms with Crippen LogP contribution in [0.15, 0.2) is 6.20 Å². The summed E-state index contributed by atoms with van der Waals surface area (Å²) in [6.45, 7) is 5.48. The lowest BCUT2D eigenvalue weighted by atomic mass is 10.2. The molecule has 1 fully saturated rings. The van der Waals surface area contributed by atoms with Crippen molar-refractivity contribution in [1.82, 2.24) is 9.55 Å². The zero-order valence-electron chi connectivity index (χ0n) is 11.7. The van der Waals surface area contributed by atoms with Gasteiger partial charge in [-0.05, 0) is 26.2 Å². The normalized spacial score (nSPS) is 21.7. The van der Waals surface area contributed by atoms with E-state index < -0.39 is 9.84 Å². The van der Waals surface area contributed by atoms with Gasteiger partial charge in [-0.2, -0.15) is 0 Å². The number of hydrogen-bond donors (Lipinski definition) is 1. The first-order valence-corrected chi connectivity index (χ1v) is 8.73. The van der Waals surface area contributed by atoms with Crippen molar-refractivity contribution in [1.29, 1.82) is 0 Å². The van der Waals surface area contributed by atoms with Crippen LogP contribution in [-0.4, -0.2) is 35.5 Å². The first-order chi connectivity index (χ1) is 9.03. The highest BCUT2D eigenvalue weighted by atomic mass is 32.2. The summed E-state index contributed by atoms with van der Waals surface area (Å²) in [4.78, 5) is 4.43. The highest BCUT2D eigenvalue weighted by molar-refractivity contribution is 7.92. The Morgan fingerprint density at radius 3 is 2.95 bits per heavy atom. The van der Waals surface area contributed by atoms with E-state index in [1.165, 1.54) is 0 Å². The van der Waals surface area contributed by atoms with Crippen molar-refractivity contribution in [2.75, 3.05) is 17.6 Å². The van der Waals surface area contributed by atoms with Gasteiger partial charge in [-0.15, -0.1) is 0 Å². The van der Waals surface area contributed by atoms with Gasteiger partial charge in [-0.1, -0.05) is 13.3 Å². The molecule has 0 radical (unpaired) electrons. The third-order valence-corrected chi connectivity index (χ3v) is 5.83. The number of nitrogens with one attached hydrogen (secondary N) is 1. The minimum Gasteiger partial charge on any atom is -0.356 e. The molecule has 6 heteroatoms. The topological polar surface area (TPSA) is 64.0 Å².